The molecule has 0 aliphatic carbocycles. The topological polar surface area (TPSA) is 68.9 Å². The number of halogens is 1. The number of rotatable bonds is 5. The van der Waals surface area contributed by atoms with Crippen LogP contribution >= 0.6 is 24.0 Å². The van der Waals surface area contributed by atoms with Gasteiger partial charge in [-0.25, -0.2) is 0 Å². The van der Waals surface area contributed by atoms with Gasteiger partial charge >= 0.3 is 0 Å². The maximum atomic E-state index is 10.0. The van der Waals surface area contributed by atoms with Crippen molar-refractivity contribution in [2.75, 3.05) is 44.7 Å². The highest BCUT2D eigenvalue weighted by Gasteiger charge is 2.21. The molecular weight excluding hydrogens is 455 g/mol. The molecule has 0 spiro atoms. The van der Waals surface area contributed by atoms with E-state index in [-0.39, 0.29) is 24.0 Å². The van der Waals surface area contributed by atoms with Crippen molar-refractivity contribution in [1.29, 1.82) is 0 Å². The SMILES string of the molecule is CN=C(NCCCc1cnn(C)c1)N1CCN(c2ccccc2O)CC1.I. The first kappa shape index (κ1) is 21.3. The van der Waals surface area contributed by atoms with E-state index in [4.69, 9.17) is 0 Å². The predicted octanol–water partition coefficient (Wildman–Crippen LogP) is 2.07. The van der Waals surface area contributed by atoms with E-state index in [1.165, 1.54) is 5.56 Å². The normalized spacial score (nSPS) is 14.8. The minimum absolute atomic E-state index is 0. The summed E-state index contributed by atoms with van der Waals surface area (Å²) in [6.45, 7) is 4.40. The van der Waals surface area contributed by atoms with Crippen molar-refractivity contribution in [1.82, 2.24) is 20.0 Å². The third-order valence-corrected chi connectivity index (χ3v) is 4.70. The van der Waals surface area contributed by atoms with Gasteiger partial charge in [-0.2, -0.15) is 5.10 Å². The van der Waals surface area contributed by atoms with Crippen LogP contribution in [0.1, 0.15) is 12.0 Å². The largest absolute Gasteiger partial charge is 0.506 e. The van der Waals surface area contributed by atoms with Crippen LogP contribution in [0, 0.1) is 0 Å². The van der Waals surface area contributed by atoms with E-state index in [0.29, 0.717) is 5.75 Å². The number of hydrogen-bond acceptors (Lipinski definition) is 4. The zero-order chi connectivity index (χ0) is 18.4. The van der Waals surface area contributed by atoms with E-state index in [1.54, 1.807) is 6.07 Å². The summed E-state index contributed by atoms with van der Waals surface area (Å²) in [6.07, 6.45) is 6.04. The number of nitrogens with one attached hydrogen (secondary N) is 1. The first-order chi connectivity index (χ1) is 12.7. The molecule has 148 valence electrons. The molecule has 0 unspecified atom stereocenters. The first-order valence-electron chi connectivity index (χ1n) is 9.13. The Kier molecular flexibility index (Phi) is 8.21. The molecule has 2 heterocycles. The maximum Gasteiger partial charge on any atom is 0.193 e. The predicted molar refractivity (Wildman–Crippen MR) is 120 cm³/mol. The van der Waals surface area contributed by atoms with Gasteiger partial charge in [-0.05, 0) is 30.5 Å². The highest BCUT2D eigenvalue weighted by molar-refractivity contribution is 14.0. The smallest absolute Gasteiger partial charge is 0.193 e. The number of anilines is 1. The lowest BCUT2D eigenvalue weighted by Crippen LogP contribution is -2.52. The molecule has 1 aliphatic rings. The Morgan fingerprint density at radius 2 is 1.96 bits per heavy atom. The second kappa shape index (κ2) is 10.4. The number of phenolic OH excluding ortho intramolecular Hbond substituents is 1. The monoisotopic (exact) mass is 484 g/mol. The van der Waals surface area contributed by atoms with E-state index in [0.717, 1.165) is 57.2 Å². The van der Waals surface area contributed by atoms with Crippen LogP contribution in [0.2, 0.25) is 0 Å². The van der Waals surface area contributed by atoms with Crippen molar-refractivity contribution in [2.45, 2.75) is 12.8 Å². The van der Waals surface area contributed by atoms with Gasteiger partial charge in [-0.15, -0.1) is 24.0 Å². The number of piperazine rings is 1. The lowest BCUT2D eigenvalue weighted by molar-refractivity contribution is 0.369. The molecule has 0 radical (unpaired) electrons. The highest BCUT2D eigenvalue weighted by atomic mass is 127. The number of benzene rings is 1. The van der Waals surface area contributed by atoms with E-state index in [2.05, 4.69) is 31.4 Å². The van der Waals surface area contributed by atoms with Gasteiger partial charge < -0.3 is 20.2 Å². The summed E-state index contributed by atoms with van der Waals surface area (Å²) in [5.74, 6) is 1.30. The van der Waals surface area contributed by atoms with Crippen molar-refractivity contribution < 1.29 is 5.11 Å². The van der Waals surface area contributed by atoms with Gasteiger partial charge in [0.1, 0.15) is 5.75 Å². The number of aliphatic imine (C=N–C) groups is 1. The molecule has 1 aromatic heterocycles. The van der Waals surface area contributed by atoms with Gasteiger partial charge in [-0.3, -0.25) is 9.67 Å². The Hall–Kier alpha value is -1.97. The van der Waals surface area contributed by atoms with Crippen molar-refractivity contribution in [3.8, 4) is 5.75 Å². The summed E-state index contributed by atoms with van der Waals surface area (Å²) in [5.41, 5.74) is 2.17. The minimum atomic E-state index is 0. The van der Waals surface area contributed by atoms with Gasteiger partial charge in [0.25, 0.3) is 0 Å². The number of aromatic nitrogens is 2. The highest BCUT2D eigenvalue weighted by Crippen LogP contribution is 2.27. The number of nitrogens with zero attached hydrogens (tertiary/aromatic N) is 5. The fourth-order valence-corrected chi connectivity index (χ4v) is 3.32. The Morgan fingerprint density at radius 1 is 1.22 bits per heavy atom. The zero-order valence-corrected chi connectivity index (χ0v) is 18.3. The van der Waals surface area contributed by atoms with Crippen LogP contribution in [0.4, 0.5) is 5.69 Å². The summed E-state index contributed by atoms with van der Waals surface area (Å²) in [6, 6.07) is 7.53. The molecule has 3 rings (SSSR count). The van der Waals surface area contributed by atoms with Gasteiger partial charge in [0.15, 0.2) is 5.96 Å². The standard InChI is InChI=1S/C19H28N6O.HI/c1-20-19(21-9-5-6-16-14-22-23(2)15-16)25-12-10-24(11-13-25)17-7-3-4-8-18(17)26;/h3-4,7-8,14-15,26H,5-6,9-13H2,1-2H3,(H,20,21);1H. The summed E-state index contributed by atoms with van der Waals surface area (Å²) in [4.78, 5) is 8.92. The molecule has 1 aliphatic heterocycles. The third-order valence-electron chi connectivity index (χ3n) is 4.70. The van der Waals surface area contributed by atoms with Crippen LogP contribution in [0.15, 0.2) is 41.7 Å². The molecular formula is C19H29IN6O. The summed E-state index contributed by atoms with van der Waals surface area (Å²) < 4.78 is 1.84. The molecule has 2 N–H and O–H groups in total. The van der Waals surface area contributed by atoms with E-state index in [9.17, 15) is 5.11 Å². The average molecular weight is 484 g/mol. The Bertz CT molecular complexity index is 739. The Morgan fingerprint density at radius 3 is 2.59 bits per heavy atom. The number of aryl methyl sites for hydroxylation is 2. The molecule has 1 fully saturated rings. The van der Waals surface area contributed by atoms with Gasteiger partial charge in [0, 0.05) is 53.0 Å². The average Bonchev–Trinajstić information content (AvgIpc) is 3.08. The van der Waals surface area contributed by atoms with Gasteiger partial charge in [0.2, 0.25) is 0 Å². The van der Waals surface area contributed by atoms with Crippen molar-refractivity contribution in [3.63, 3.8) is 0 Å². The molecule has 8 heteroatoms. The lowest BCUT2D eigenvalue weighted by Gasteiger charge is -2.37. The number of para-hydroxylation sites is 2. The second-order valence-electron chi connectivity index (χ2n) is 6.56. The molecule has 27 heavy (non-hydrogen) atoms. The van der Waals surface area contributed by atoms with Crippen molar-refractivity contribution in [2.24, 2.45) is 12.0 Å². The number of aromatic hydroxyl groups is 1. The zero-order valence-electron chi connectivity index (χ0n) is 16.0. The van der Waals surface area contributed by atoms with E-state index >= 15 is 0 Å². The van der Waals surface area contributed by atoms with Crippen LogP contribution in [0.3, 0.4) is 0 Å². The number of guanidine groups is 1. The maximum absolute atomic E-state index is 10.0. The van der Waals surface area contributed by atoms with Gasteiger partial charge in [-0.1, -0.05) is 12.1 Å². The first-order valence-corrected chi connectivity index (χ1v) is 9.13. The van der Waals surface area contributed by atoms with Crippen LogP contribution in [0.25, 0.3) is 0 Å². The fourth-order valence-electron chi connectivity index (χ4n) is 3.32. The Labute approximate surface area is 178 Å². The molecule has 1 aromatic carbocycles. The van der Waals surface area contributed by atoms with E-state index < -0.39 is 0 Å². The molecule has 0 bridgehead atoms. The van der Waals surface area contributed by atoms with Crippen LogP contribution in [-0.4, -0.2) is 65.5 Å². The minimum Gasteiger partial charge on any atom is -0.506 e. The van der Waals surface area contributed by atoms with E-state index in [1.807, 2.05) is 43.2 Å². The number of phenols is 1. The summed E-state index contributed by atoms with van der Waals surface area (Å²) in [7, 11) is 3.78. The lowest BCUT2D eigenvalue weighted by atomic mass is 10.2. The third kappa shape index (κ3) is 5.75. The molecule has 7 nitrogen and oxygen atoms in total. The summed E-state index contributed by atoms with van der Waals surface area (Å²) in [5, 5.41) is 17.7. The second-order valence-corrected chi connectivity index (χ2v) is 6.56. The van der Waals surface area contributed by atoms with Crippen LogP contribution in [-0.2, 0) is 13.5 Å². The van der Waals surface area contributed by atoms with Gasteiger partial charge in [0.05, 0.1) is 11.9 Å². The molecule has 0 saturated carbocycles. The number of hydrogen-bond donors (Lipinski definition) is 2. The van der Waals surface area contributed by atoms with Crippen LogP contribution < -0.4 is 10.2 Å². The van der Waals surface area contributed by atoms with Crippen molar-refractivity contribution in [3.05, 3.63) is 42.2 Å². The quantitative estimate of drug-likeness (QED) is 0.295. The Balaban J connectivity index is 0.00000261. The van der Waals surface area contributed by atoms with Crippen LogP contribution in [0.5, 0.6) is 5.75 Å². The molecule has 1 saturated heterocycles. The van der Waals surface area contributed by atoms with Crippen molar-refractivity contribution >= 4 is 35.6 Å². The molecule has 0 amide bonds. The molecule has 2 aromatic rings. The fraction of sp³-hybridized carbons (Fsp3) is 0.474. The molecule has 0 atom stereocenters. The summed E-state index contributed by atoms with van der Waals surface area (Å²) >= 11 is 0.